The van der Waals surface area contributed by atoms with Crippen LogP contribution in [0.25, 0.3) is 0 Å². The Morgan fingerprint density at radius 3 is 2.64 bits per heavy atom. The Balaban J connectivity index is 1.33. The van der Waals surface area contributed by atoms with E-state index in [0.717, 1.165) is 33.9 Å². The third-order valence-corrected chi connectivity index (χ3v) is 9.16. The first kappa shape index (κ1) is 25.6. The van der Waals surface area contributed by atoms with Crippen LogP contribution in [0.2, 0.25) is 0 Å². The van der Waals surface area contributed by atoms with Gasteiger partial charge in [-0.15, -0.1) is 0 Å². The smallest absolute Gasteiger partial charge is 0.324 e. The third kappa shape index (κ3) is 3.79. The number of carbonyl (C=O) groups is 2. The third-order valence-electron chi connectivity index (χ3n) is 9.16. The van der Waals surface area contributed by atoms with Gasteiger partial charge in [0.25, 0.3) is 5.91 Å². The molecule has 2 aromatic rings. The Morgan fingerprint density at radius 1 is 1.13 bits per heavy atom. The molecule has 1 saturated carbocycles. The van der Waals surface area contributed by atoms with E-state index in [1.165, 1.54) is 0 Å². The SMILES string of the molecule is CCN1CCN(C(=O)C23CC2(C)c2ccccc2O3)CCC2=C[C@H](C)c3c(cc(OC)cc3OC)CN2C1=O. The van der Waals surface area contributed by atoms with Gasteiger partial charge in [0.05, 0.1) is 20.8 Å². The van der Waals surface area contributed by atoms with Crippen molar-refractivity contribution in [1.29, 1.82) is 0 Å². The van der Waals surface area contributed by atoms with Gasteiger partial charge in [0.15, 0.2) is 5.60 Å². The summed E-state index contributed by atoms with van der Waals surface area (Å²) in [6.45, 7) is 8.68. The van der Waals surface area contributed by atoms with Crippen molar-refractivity contribution in [2.75, 3.05) is 40.4 Å². The van der Waals surface area contributed by atoms with E-state index in [9.17, 15) is 9.59 Å². The molecule has 3 amide bonds. The van der Waals surface area contributed by atoms with Crippen LogP contribution in [0.1, 0.15) is 56.2 Å². The van der Waals surface area contributed by atoms with Crippen LogP contribution in [0.15, 0.2) is 48.2 Å². The molecular formula is C31H37N3O5. The molecule has 3 heterocycles. The average Bonchev–Trinajstić information content (AvgIpc) is 3.50. The van der Waals surface area contributed by atoms with Crippen LogP contribution in [0, 0.1) is 0 Å². The summed E-state index contributed by atoms with van der Waals surface area (Å²) in [4.78, 5) is 33.7. The molecule has 2 aromatic carbocycles. The topological polar surface area (TPSA) is 71.6 Å². The van der Waals surface area contributed by atoms with Crippen LogP contribution in [-0.2, 0) is 16.8 Å². The number of hydrogen-bond donors (Lipinski definition) is 0. The molecule has 0 spiro atoms. The van der Waals surface area contributed by atoms with Crippen molar-refractivity contribution in [3.63, 3.8) is 0 Å². The highest BCUT2D eigenvalue weighted by atomic mass is 16.5. The minimum atomic E-state index is -0.850. The maximum absolute atomic E-state index is 14.2. The number of hydrogen-bond acceptors (Lipinski definition) is 5. The van der Waals surface area contributed by atoms with E-state index >= 15 is 0 Å². The van der Waals surface area contributed by atoms with E-state index in [0.29, 0.717) is 51.3 Å². The van der Waals surface area contributed by atoms with E-state index in [1.807, 2.05) is 52.0 Å². The number of methoxy groups -OCH3 is 2. The van der Waals surface area contributed by atoms with Crippen molar-refractivity contribution in [3.05, 3.63) is 64.9 Å². The lowest BCUT2D eigenvalue weighted by atomic mass is 9.94. The lowest BCUT2D eigenvalue weighted by Gasteiger charge is -2.30. The lowest BCUT2D eigenvalue weighted by molar-refractivity contribution is -0.141. The maximum atomic E-state index is 14.2. The average molecular weight is 532 g/mol. The van der Waals surface area contributed by atoms with Gasteiger partial charge in [0.1, 0.15) is 17.2 Å². The number of carbonyl (C=O) groups excluding carboxylic acids is 2. The standard InChI is InChI=1S/C31H37N3O5/c1-6-32-13-14-33(28(35)31-19-30(31,3)24-9-7-8-10-25(24)39-31)12-11-22-15-20(2)27-21(18-34(22)29(32)36)16-23(37-4)17-26(27)38-5/h7-10,15-17,20H,6,11-14,18-19H2,1-5H3/t20-,30?,31?/m0/s1. The Morgan fingerprint density at radius 2 is 1.92 bits per heavy atom. The number of fused-ring (bicyclic) bond motifs is 5. The Bertz CT molecular complexity index is 1370. The zero-order chi connectivity index (χ0) is 27.5. The number of rotatable bonds is 4. The fourth-order valence-corrected chi connectivity index (χ4v) is 6.82. The van der Waals surface area contributed by atoms with Crippen LogP contribution >= 0.6 is 0 Å². The van der Waals surface area contributed by atoms with Crippen molar-refractivity contribution in [2.24, 2.45) is 0 Å². The Labute approximate surface area is 230 Å². The number of likely N-dealkylation sites (N-methyl/N-ethyl adjacent to an activating group) is 1. The summed E-state index contributed by atoms with van der Waals surface area (Å²) < 4.78 is 17.7. The van der Waals surface area contributed by atoms with Crippen molar-refractivity contribution >= 4 is 11.9 Å². The van der Waals surface area contributed by atoms with Crippen LogP contribution in [0.5, 0.6) is 17.2 Å². The molecule has 0 aromatic heterocycles. The van der Waals surface area contributed by atoms with Gasteiger partial charge in [-0.1, -0.05) is 38.1 Å². The molecule has 3 atom stereocenters. The first-order chi connectivity index (χ1) is 18.8. The molecule has 6 rings (SSSR count). The summed E-state index contributed by atoms with van der Waals surface area (Å²) in [6.07, 6.45) is 3.42. The van der Waals surface area contributed by atoms with Gasteiger partial charge in [-0.05, 0) is 24.6 Å². The highest BCUT2D eigenvalue weighted by Crippen LogP contribution is 2.67. The minimum absolute atomic E-state index is 0.0200. The van der Waals surface area contributed by atoms with Gasteiger partial charge in [0.2, 0.25) is 0 Å². The predicted molar refractivity (Wildman–Crippen MR) is 147 cm³/mol. The maximum Gasteiger partial charge on any atom is 0.324 e. The number of para-hydroxylation sites is 1. The number of amides is 3. The normalized spacial score (nSPS) is 27.4. The first-order valence-electron chi connectivity index (χ1n) is 13.9. The molecule has 0 N–H and O–H groups in total. The molecule has 1 saturated heterocycles. The highest BCUT2D eigenvalue weighted by Gasteiger charge is 2.77. The quantitative estimate of drug-likeness (QED) is 0.573. The second kappa shape index (κ2) is 9.21. The van der Waals surface area contributed by atoms with E-state index in [1.54, 1.807) is 14.2 Å². The minimum Gasteiger partial charge on any atom is -0.497 e. The number of allylic oxidation sites excluding steroid dienone is 1. The number of nitrogens with zero attached hydrogens (tertiary/aromatic N) is 3. The fraction of sp³-hybridized carbons (Fsp3) is 0.484. The van der Waals surface area contributed by atoms with Crippen molar-refractivity contribution in [1.82, 2.24) is 14.7 Å². The molecule has 2 unspecified atom stereocenters. The summed E-state index contributed by atoms with van der Waals surface area (Å²) in [5, 5.41) is 0. The monoisotopic (exact) mass is 531 g/mol. The largest absolute Gasteiger partial charge is 0.497 e. The predicted octanol–water partition coefficient (Wildman–Crippen LogP) is 4.67. The van der Waals surface area contributed by atoms with E-state index in [2.05, 4.69) is 26.0 Å². The number of urea groups is 1. The fourth-order valence-electron chi connectivity index (χ4n) is 6.82. The zero-order valence-electron chi connectivity index (χ0n) is 23.5. The molecule has 0 bridgehead atoms. The molecule has 8 nitrogen and oxygen atoms in total. The molecule has 2 fully saturated rings. The van der Waals surface area contributed by atoms with Gasteiger partial charge in [0, 0.05) is 73.2 Å². The number of benzene rings is 2. The molecular weight excluding hydrogens is 494 g/mol. The molecule has 3 aliphatic heterocycles. The van der Waals surface area contributed by atoms with Crippen LogP contribution in [0.4, 0.5) is 4.79 Å². The highest BCUT2D eigenvalue weighted by molar-refractivity contribution is 5.94. The van der Waals surface area contributed by atoms with Gasteiger partial charge in [-0.2, -0.15) is 0 Å². The van der Waals surface area contributed by atoms with Gasteiger partial charge in [-0.25, -0.2) is 4.79 Å². The Kier molecular flexibility index (Phi) is 6.04. The second-order valence-corrected chi connectivity index (χ2v) is 11.3. The summed E-state index contributed by atoms with van der Waals surface area (Å²) in [5.41, 5.74) is 2.95. The first-order valence-corrected chi connectivity index (χ1v) is 13.9. The summed E-state index contributed by atoms with van der Waals surface area (Å²) in [5.74, 6) is 2.30. The molecule has 1 aliphatic carbocycles. The number of ether oxygens (including phenoxy) is 3. The van der Waals surface area contributed by atoms with Gasteiger partial charge in [-0.3, -0.25) is 9.69 Å². The molecule has 39 heavy (non-hydrogen) atoms. The summed E-state index contributed by atoms with van der Waals surface area (Å²) in [7, 11) is 3.30. The van der Waals surface area contributed by atoms with Crippen LogP contribution < -0.4 is 14.2 Å². The summed E-state index contributed by atoms with van der Waals surface area (Å²) in [6, 6.07) is 11.8. The second-order valence-electron chi connectivity index (χ2n) is 11.3. The van der Waals surface area contributed by atoms with Crippen molar-refractivity contribution in [2.45, 2.75) is 57.1 Å². The van der Waals surface area contributed by atoms with Gasteiger partial charge >= 0.3 is 6.03 Å². The van der Waals surface area contributed by atoms with E-state index < -0.39 is 5.60 Å². The van der Waals surface area contributed by atoms with Gasteiger partial charge < -0.3 is 24.0 Å². The molecule has 206 valence electrons. The van der Waals surface area contributed by atoms with Crippen molar-refractivity contribution in [3.8, 4) is 17.2 Å². The Hall–Kier alpha value is -3.68. The summed E-state index contributed by atoms with van der Waals surface area (Å²) >= 11 is 0. The van der Waals surface area contributed by atoms with Crippen LogP contribution in [-0.4, -0.2) is 72.6 Å². The lowest BCUT2D eigenvalue weighted by Crippen LogP contribution is -2.49. The molecule has 0 radical (unpaired) electrons. The van der Waals surface area contributed by atoms with E-state index in [-0.39, 0.29) is 23.3 Å². The van der Waals surface area contributed by atoms with Crippen molar-refractivity contribution < 1.29 is 23.8 Å². The molecule has 8 heteroatoms. The van der Waals surface area contributed by atoms with E-state index in [4.69, 9.17) is 14.2 Å². The zero-order valence-corrected chi connectivity index (χ0v) is 23.5. The van der Waals surface area contributed by atoms with Crippen LogP contribution in [0.3, 0.4) is 0 Å². The molecule has 4 aliphatic rings.